The normalized spacial score (nSPS) is 10.7. The third-order valence-corrected chi connectivity index (χ3v) is 1.25. The van der Waals surface area contributed by atoms with Crippen LogP contribution in [0.4, 0.5) is 0 Å². The first kappa shape index (κ1) is 13.6. The molecule has 0 aliphatic heterocycles. The lowest BCUT2D eigenvalue weighted by molar-refractivity contribution is -0.142. The molecule has 5 nitrogen and oxygen atoms in total. The summed E-state index contributed by atoms with van der Waals surface area (Å²) in [6.45, 7) is 3.53. The van der Waals surface area contributed by atoms with E-state index in [1.807, 2.05) is 0 Å². The lowest BCUT2D eigenvalue weighted by atomic mass is 10.4. The second-order valence-electron chi connectivity index (χ2n) is 3.06. The standard InChI is InChI=1S/C10H16O5/c1-8(2)15-10(13)5-4-9(12)14-7-3-6-11/h4-5,8,11H,3,6-7H2,1-2H3. The molecule has 0 radical (unpaired) electrons. The van der Waals surface area contributed by atoms with Gasteiger partial charge in [0, 0.05) is 25.2 Å². The number of esters is 2. The summed E-state index contributed by atoms with van der Waals surface area (Å²) in [5.41, 5.74) is 0. The molecule has 86 valence electrons. The number of carbonyl (C=O) groups excluding carboxylic acids is 2. The summed E-state index contributed by atoms with van der Waals surface area (Å²) < 4.78 is 9.40. The van der Waals surface area contributed by atoms with Crippen molar-refractivity contribution in [3.05, 3.63) is 12.2 Å². The van der Waals surface area contributed by atoms with Crippen molar-refractivity contribution in [3.63, 3.8) is 0 Å². The Kier molecular flexibility index (Phi) is 7.27. The van der Waals surface area contributed by atoms with Crippen molar-refractivity contribution in [2.24, 2.45) is 0 Å². The Morgan fingerprint density at radius 1 is 1.27 bits per heavy atom. The molecule has 0 unspecified atom stereocenters. The topological polar surface area (TPSA) is 72.8 Å². The van der Waals surface area contributed by atoms with Crippen molar-refractivity contribution in [2.45, 2.75) is 26.4 Å². The van der Waals surface area contributed by atoms with Crippen LogP contribution in [0.5, 0.6) is 0 Å². The van der Waals surface area contributed by atoms with Crippen LogP contribution in [0.3, 0.4) is 0 Å². The Morgan fingerprint density at radius 3 is 2.40 bits per heavy atom. The van der Waals surface area contributed by atoms with E-state index in [1.165, 1.54) is 0 Å². The summed E-state index contributed by atoms with van der Waals surface area (Å²) in [4.78, 5) is 21.8. The Hall–Kier alpha value is -1.36. The highest BCUT2D eigenvalue weighted by molar-refractivity contribution is 5.91. The van der Waals surface area contributed by atoms with Crippen LogP contribution < -0.4 is 0 Å². The van der Waals surface area contributed by atoms with E-state index in [-0.39, 0.29) is 19.3 Å². The van der Waals surface area contributed by atoms with Gasteiger partial charge in [0.25, 0.3) is 0 Å². The van der Waals surface area contributed by atoms with Crippen LogP contribution in [0.1, 0.15) is 20.3 Å². The van der Waals surface area contributed by atoms with Crippen LogP contribution in [0.2, 0.25) is 0 Å². The van der Waals surface area contributed by atoms with Crippen molar-refractivity contribution < 1.29 is 24.2 Å². The van der Waals surface area contributed by atoms with E-state index in [0.29, 0.717) is 6.42 Å². The van der Waals surface area contributed by atoms with Gasteiger partial charge in [0.15, 0.2) is 0 Å². The molecule has 0 fully saturated rings. The molecule has 0 spiro atoms. The number of hydrogen-bond acceptors (Lipinski definition) is 5. The summed E-state index contributed by atoms with van der Waals surface area (Å²) in [5.74, 6) is -1.20. The second-order valence-corrected chi connectivity index (χ2v) is 3.06. The molecular formula is C10H16O5. The fraction of sp³-hybridized carbons (Fsp3) is 0.600. The first-order chi connectivity index (χ1) is 7.06. The van der Waals surface area contributed by atoms with Crippen LogP contribution in [0.15, 0.2) is 12.2 Å². The van der Waals surface area contributed by atoms with E-state index in [0.717, 1.165) is 12.2 Å². The Labute approximate surface area is 88.7 Å². The van der Waals surface area contributed by atoms with E-state index in [9.17, 15) is 9.59 Å². The molecule has 0 aromatic carbocycles. The molecule has 0 aliphatic carbocycles. The van der Waals surface area contributed by atoms with Crippen molar-refractivity contribution in [1.29, 1.82) is 0 Å². The zero-order chi connectivity index (χ0) is 11.7. The molecule has 0 aromatic heterocycles. The molecule has 0 rings (SSSR count). The molecule has 0 aromatic rings. The van der Waals surface area contributed by atoms with Gasteiger partial charge in [-0.15, -0.1) is 0 Å². The highest BCUT2D eigenvalue weighted by Crippen LogP contribution is 1.91. The van der Waals surface area contributed by atoms with E-state index >= 15 is 0 Å². The molecule has 5 heteroatoms. The van der Waals surface area contributed by atoms with Crippen molar-refractivity contribution in [1.82, 2.24) is 0 Å². The van der Waals surface area contributed by atoms with Gasteiger partial charge in [0.1, 0.15) is 0 Å². The smallest absolute Gasteiger partial charge is 0.331 e. The van der Waals surface area contributed by atoms with Gasteiger partial charge in [-0.2, -0.15) is 0 Å². The van der Waals surface area contributed by atoms with Gasteiger partial charge in [-0.1, -0.05) is 0 Å². The van der Waals surface area contributed by atoms with Crippen molar-refractivity contribution >= 4 is 11.9 Å². The largest absolute Gasteiger partial charge is 0.462 e. The number of aliphatic hydroxyl groups is 1. The zero-order valence-electron chi connectivity index (χ0n) is 8.93. The van der Waals surface area contributed by atoms with Crippen LogP contribution in [-0.2, 0) is 19.1 Å². The predicted octanol–water partition coefficient (Wildman–Crippen LogP) is 0.420. The molecule has 0 saturated heterocycles. The third-order valence-electron chi connectivity index (χ3n) is 1.25. The maximum absolute atomic E-state index is 10.9. The SMILES string of the molecule is CC(C)OC(=O)C=CC(=O)OCCCO. The fourth-order valence-corrected chi connectivity index (χ4v) is 0.693. The Balaban J connectivity index is 3.74. The summed E-state index contributed by atoms with van der Waals surface area (Å²) in [6.07, 6.45) is 2.19. The minimum atomic E-state index is -0.621. The number of hydrogen-bond donors (Lipinski definition) is 1. The highest BCUT2D eigenvalue weighted by Gasteiger charge is 2.02. The molecule has 0 aliphatic rings. The molecule has 0 atom stereocenters. The Morgan fingerprint density at radius 2 is 1.87 bits per heavy atom. The molecule has 15 heavy (non-hydrogen) atoms. The number of ether oxygens (including phenoxy) is 2. The van der Waals surface area contributed by atoms with Gasteiger partial charge in [0.05, 0.1) is 12.7 Å². The van der Waals surface area contributed by atoms with Gasteiger partial charge in [-0.05, 0) is 13.8 Å². The molecular weight excluding hydrogens is 200 g/mol. The molecule has 1 N–H and O–H groups in total. The molecule has 0 bridgehead atoms. The minimum Gasteiger partial charge on any atom is -0.462 e. The van der Waals surface area contributed by atoms with E-state index < -0.39 is 11.9 Å². The summed E-state index contributed by atoms with van der Waals surface area (Å²) in [6, 6.07) is 0. The quantitative estimate of drug-likeness (QED) is 0.396. The van der Waals surface area contributed by atoms with Gasteiger partial charge in [0.2, 0.25) is 0 Å². The lowest BCUT2D eigenvalue weighted by Crippen LogP contribution is -2.10. The predicted molar refractivity (Wildman–Crippen MR) is 53.0 cm³/mol. The van der Waals surface area contributed by atoms with Gasteiger partial charge in [-0.3, -0.25) is 0 Å². The molecule has 0 saturated carbocycles. The first-order valence-corrected chi connectivity index (χ1v) is 4.72. The van der Waals surface area contributed by atoms with Gasteiger partial charge in [-0.25, -0.2) is 9.59 Å². The summed E-state index contributed by atoms with van der Waals surface area (Å²) in [7, 11) is 0. The monoisotopic (exact) mass is 216 g/mol. The maximum Gasteiger partial charge on any atom is 0.331 e. The number of rotatable bonds is 6. The summed E-state index contributed by atoms with van der Waals surface area (Å²) in [5, 5.41) is 8.41. The van der Waals surface area contributed by atoms with Crippen molar-refractivity contribution in [2.75, 3.05) is 13.2 Å². The van der Waals surface area contributed by atoms with Crippen LogP contribution in [0.25, 0.3) is 0 Å². The van der Waals surface area contributed by atoms with Crippen molar-refractivity contribution in [3.8, 4) is 0 Å². The summed E-state index contributed by atoms with van der Waals surface area (Å²) >= 11 is 0. The second kappa shape index (κ2) is 7.99. The van der Waals surface area contributed by atoms with Crippen LogP contribution >= 0.6 is 0 Å². The first-order valence-electron chi connectivity index (χ1n) is 4.72. The lowest BCUT2D eigenvalue weighted by Gasteiger charge is -2.03. The van der Waals surface area contributed by atoms with Gasteiger partial charge < -0.3 is 14.6 Å². The van der Waals surface area contributed by atoms with E-state index in [2.05, 4.69) is 4.74 Å². The third kappa shape index (κ3) is 8.96. The molecule has 0 amide bonds. The number of carbonyl (C=O) groups is 2. The Bertz CT molecular complexity index is 232. The maximum atomic E-state index is 10.9. The average Bonchev–Trinajstić information content (AvgIpc) is 2.14. The minimum absolute atomic E-state index is 0.0353. The fourth-order valence-electron chi connectivity index (χ4n) is 0.693. The zero-order valence-corrected chi connectivity index (χ0v) is 8.93. The number of aliphatic hydroxyl groups excluding tert-OH is 1. The van der Waals surface area contributed by atoms with E-state index in [1.54, 1.807) is 13.8 Å². The highest BCUT2D eigenvalue weighted by atomic mass is 16.5. The van der Waals surface area contributed by atoms with Crippen LogP contribution in [0, 0.1) is 0 Å². The molecule has 0 heterocycles. The van der Waals surface area contributed by atoms with Crippen LogP contribution in [-0.4, -0.2) is 36.4 Å². The van der Waals surface area contributed by atoms with E-state index in [4.69, 9.17) is 9.84 Å². The van der Waals surface area contributed by atoms with Gasteiger partial charge >= 0.3 is 11.9 Å². The average molecular weight is 216 g/mol.